The van der Waals surface area contributed by atoms with Crippen molar-refractivity contribution in [2.75, 3.05) is 11.1 Å². The van der Waals surface area contributed by atoms with Gasteiger partial charge in [0.05, 0.1) is 0 Å². The Bertz CT molecular complexity index is 962. The summed E-state index contributed by atoms with van der Waals surface area (Å²) in [6.45, 7) is 5.68. The number of hydrogen-bond donors (Lipinski definition) is 1. The van der Waals surface area contributed by atoms with Crippen LogP contribution < -0.4 is 10.1 Å². The molecule has 1 aliphatic rings. The molecule has 0 fully saturated rings. The van der Waals surface area contributed by atoms with E-state index in [0.717, 1.165) is 22.6 Å². The summed E-state index contributed by atoms with van der Waals surface area (Å²) in [4.78, 5) is 9.15. The quantitative estimate of drug-likeness (QED) is 0.554. The van der Waals surface area contributed by atoms with Crippen molar-refractivity contribution in [3.63, 3.8) is 0 Å². The Hall–Kier alpha value is -2.93. The molecular formula is C19H17N5OS. The fourth-order valence-electron chi connectivity index (χ4n) is 2.69. The predicted molar refractivity (Wildman–Crippen MR) is 102 cm³/mol. The van der Waals surface area contributed by atoms with Crippen molar-refractivity contribution in [3.8, 4) is 17.1 Å². The minimum atomic E-state index is -0.466. The summed E-state index contributed by atoms with van der Waals surface area (Å²) in [5, 5.41) is 12.5. The van der Waals surface area contributed by atoms with Crippen molar-refractivity contribution in [1.82, 2.24) is 20.2 Å². The standard InChI is InChI=1S/C19H17N5OS/c1-3-11-26-19-22-18-16(23-24-19)13-8-4-5-9-14(13)21-17(25-18)15-10-6-7-12(2)20-15/h3-10,17,21H,1,11H2,2H3/t17-/m1/s1. The first kappa shape index (κ1) is 16.5. The fraction of sp³-hybridized carbons (Fsp3) is 0.158. The van der Waals surface area contributed by atoms with Crippen LogP contribution in [0, 0.1) is 6.92 Å². The SMILES string of the molecule is C=CCSc1nnc2c(n1)O[C@H](c1cccc(C)n1)Nc1ccccc1-2. The Morgan fingerprint density at radius 2 is 2.04 bits per heavy atom. The molecule has 0 radical (unpaired) electrons. The van der Waals surface area contributed by atoms with Crippen LogP contribution in [0.2, 0.25) is 0 Å². The first-order chi connectivity index (χ1) is 12.7. The maximum Gasteiger partial charge on any atom is 0.247 e. The van der Waals surface area contributed by atoms with Crippen LogP contribution in [-0.2, 0) is 0 Å². The number of para-hydroxylation sites is 1. The normalized spacial score (nSPS) is 15.0. The van der Waals surface area contributed by atoms with Crippen molar-refractivity contribution in [2.45, 2.75) is 18.3 Å². The van der Waals surface area contributed by atoms with Gasteiger partial charge in [-0.15, -0.1) is 16.8 Å². The van der Waals surface area contributed by atoms with Gasteiger partial charge < -0.3 is 10.1 Å². The van der Waals surface area contributed by atoms with E-state index >= 15 is 0 Å². The zero-order valence-electron chi connectivity index (χ0n) is 14.2. The van der Waals surface area contributed by atoms with Crippen LogP contribution in [-0.4, -0.2) is 25.9 Å². The van der Waals surface area contributed by atoms with Crippen molar-refractivity contribution >= 4 is 17.4 Å². The van der Waals surface area contributed by atoms with E-state index < -0.39 is 6.23 Å². The number of fused-ring (bicyclic) bond motifs is 3. The largest absolute Gasteiger partial charge is 0.446 e. The molecule has 3 heterocycles. The van der Waals surface area contributed by atoms with Crippen LogP contribution in [0.3, 0.4) is 0 Å². The smallest absolute Gasteiger partial charge is 0.247 e. The number of anilines is 1. The molecule has 0 saturated heterocycles. The highest BCUT2D eigenvalue weighted by Gasteiger charge is 2.26. The third-order valence-corrected chi connectivity index (χ3v) is 4.68. The number of thioether (sulfide) groups is 1. The van der Waals surface area contributed by atoms with Gasteiger partial charge in [0.1, 0.15) is 5.69 Å². The summed E-state index contributed by atoms with van der Waals surface area (Å²) in [6, 6.07) is 13.7. The summed E-state index contributed by atoms with van der Waals surface area (Å²) in [7, 11) is 0. The Labute approximate surface area is 155 Å². The second-order valence-corrected chi connectivity index (χ2v) is 6.73. The minimum absolute atomic E-state index is 0.442. The van der Waals surface area contributed by atoms with Gasteiger partial charge in [-0.3, -0.25) is 4.98 Å². The van der Waals surface area contributed by atoms with Gasteiger partial charge in [0.25, 0.3) is 0 Å². The monoisotopic (exact) mass is 363 g/mol. The zero-order chi connectivity index (χ0) is 17.9. The molecule has 130 valence electrons. The molecule has 7 heteroatoms. The van der Waals surface area contributed by atoms with E-state index in [1.807, 2.05) is 49.4 Å². The molecule has 0 spiro atoms. The molecule has 0 aliphatic carbocycles. The molecule has 0 bridgehead atoms. The average Bonchev–Trinajstić information content (AvgIpc) is 2.83. The van der Waals surface area contributed by atoms with Gasteiger partial charge in [-0.1, -0.05) is 42.1 Å². The number of aromatic nitrogens is 4. The van der Waals surface area contributed by atoms with Gasteiger partial charge in [-0.2, -0.15) is 4.98 Å². The molecule has 0 saturated carbocycles. The van der Waals surface area contributed by atoms with E-state index in [9.17, 15) is 0 Å². The number of aryl methyl sites for hydroxylation is 1. The summed E-state index contributed by atoms with van der Waals surface area (Å²) in [5.74, 6) is 1.15. The summed E-state index contributed by atoms with van der Waals surface area (Å²) in [6.07, 6.45) is 1.34. The summed E-state index contributed by atoms with van der Waals surface area (Å²) >= 11 is 1.46. The van der Waals surface area contributed by atoms with Crippen LogP contribution in [0.25, 0.3) is 11.3 Å². The molecule has 1 aromatic carbocycles. The van der Waals surface area contributed by atoms with Crippen LogP contribution in [0.4, 0.5) is 5.69 Å². The molecule has 4 rings (SSSR count). The minimum Gasteiger partial charge on any atom is -0.446 e. The van der Waals surface area contributed by atoms with Crippen molar-refractivity contribution < 1.29 is 4.74 Å². The highest BCUT2D eigenvalue weighted by Crippen LogP contribution is 2.39. The lowest BCUT2D eigenvalue weighted by Gasteiger charge is -2.18. The van der Waals surface area contributed by atoms with Gasteiger partial charge >= 0.3 is 0 Å². The van der Waals surface area contributed by atoms with E-state index in [4.69, 9.17) is 4.74 Å². The van der Waals surface area contributed by atoms with Crippen molar-refractivity contribution in [3.05, 3.63) is 66.5 Å². The number of nitrogens with one attached hydrogen (secondary N) is 1. The molecule has 0 amide bonds. The molecular weight excluding hydrogens is 346 g/mol. The molecule has 6 nitrogen and oxygen atoms in total. The Morgan fingerprint density at radius 1 is 1.15 bits per heavy atom. The Balaban J connectivity index is 1.80. The van der Waals surface area contributed by atoms with Crippen LogP contribution in [0.15, 0.2) is 60.3 Å². The van der Waals surface area contributed by atoms with E-state index in [-0.39, 0.29) is 0 Å². The topological polar surface area (TPSA) is 72.8 Å². The van der Waals surface area contributed by atoms with Crippen LogP contribution >= 0.6 is 11.8 Å². The first-order valence-electron chi connectivity index (χ1n) is 8.19. The maximum absolute atomic E-state index is 6.17. The molecule has 0 unspecified atom stereocenters. The van der Waals surface area contributed by atoms with Gasteiger partial charge in [0.15, 0.2) is 5.69 Å². The number of ether oxygens (including phenoxy) is 1. The second-order valence-electron chi connectivity index (χ2n) is 5.74. The molecule has 1 atom stereocenters. The number of pyridine rings is 1. The predicted octanol–water partition coefficient (Wildman–Crippen LogP) is 4.02. The van der Waals surface area contributed by atoms with E-state index in [2.05, 4.69) is 32.1 Å². The molecule has 1 aliphatic heterocycles. The Morgan fingerprint density at radius 3 is 2.88 bits per heavy atom. The average molecular weight is 363 g/mol. The van der Waals surface area contributed by atoms with Gasteiger partial charge in [-0.05, 0) is 25.1 Å². The fourth-order valence-corrected chi connectivity index (χ4v) is 3.20. The maximum atomic E-state index is 6.17. The number of benzene rings is 1. The van der Waals surface area contributed by atoms with Gasteiger partial charge in [0, 0.05) is 22.7 Å². The van der Waals surface area contributed by atoms with Crippen LogP contribution in [0.5, 0.6) is 5.88 Å². The number of nitrogens with zero attached hydrogens (tertiary/aromatic N) is 4. The molecule has 2 aromatic heterocycles. The molecule has 3 aromatic rings. The summed E-state index contributed by atoms with van der Waals surface area (Å²) < 4.78 is 6.17. The Kier molecular flexibility index (Phi) is 4.53. The van der Waals surface area contributed by atoms with Crippen LogP contribution in [0.1, 0.15) is 17.6 Å². The highest BCUT2D eigenvalue weighted by molar-refractivity contribution is 7.99. The molecule has 26 heavy (non-hydrogen) atoms. The lowest BCUT2D eigenvalue weighted by atomic mass is 10.1. The lowest BCUT2D eigenvalue weighted by molar-refractivity contribution is 0.220. The molecule has 1 N–H and O–H groups in total. The third kappa shape index (κ3) is 3.25. The second kappa shape index (κ2) is 7.13. The highest BCUT2D eigenvalue weighted by atomic mass is 32.2. The first-order valence-corrected chi connectivity index (χ1v) is 9.18. The number of hydrogen-bond acceptors (Lipinski definition) is 7. The lowest BCUT2D eigenvalue weighted by Crippen LogP contribution is -2.18. The van der Waals surface area contributed by atoms with E-state index in [0.29, 0.717) is 22.5 Å². The van der Waals surface area contributed by atoms with Crippen molar-refractivity contribution in [1.29, 1.82) is 0 Å². The number of rotatable bonds is 4. The van der Waals surface area contributed by atoms with Gasteiger partial charge in [0.2, 0.25) is 17.3 Å². The zero-order valence-corrected chi connectivity index (χ0v) is 15.0. The third-order valence-electron chi connectivity index (χ3n) is 3.84. The van der Waals surface area contributed by atoms with Gasteiger partial charge in [-0.25, -0.2) is 0 Å². The summed E-state index contributed by atoms with van der Waals surface area (Å²) in [5.41, 5.74) is 4.13. The van der Waals surface area contributed by atoms with E-state index in [1.165, 1.54) is 11.8 Å². The van der Waals surface area contributed by atoms with Crippen molar-refractivity contribution in [2.24, 2.45) is 0 Å². The van der Waals surface area contributed by atoms with E-state index in [1.54, 1.807) is 6.08 Å².